The summed E-state index contributed by atoms with van der Waals surface area (Å²) >= 11 is 0. The van der Waals surface area contributed by atoms with Crippen LogP contribution in [-0.4, -0.2) is 18.6 Å². The van der Waals surface area contributed by atoms with E-state index >= 15 is 0 Å². The van der Waals surface area contributed by atoms with Gasteiger partial charge in [0.05, 0.1) is 0 Å². The SMILES string of the molecule is CNC(C)c1cc(Cc2c(C)cc(CP(C)(=O)O)cc2C)ccc1C. The van der Waals surface area contributed by atoms with Gasteiger partial charge in [-0.3, -0.25) is 4.57 Å². The number of benzene rings is 2. The minimum Gasteiger partial charge on any atom is -0.344 e. The molecule has 0 saturated heterocycles. The largest absolute Gasteiger partial charge is 0.344 e. The molecule has 0 heterocycles. The molecule has 0 aromatic heterocycles. The molecule has 0 spiro atoms. The lowest BCUT2D eigenvalue weighted by molar-refractivity contribution is 0.484. The highest BCUT2D eigenvalue weighted by molar-refractivity contribution is 7.56. The van der Waals surface area contributed by atoms with Crippen LogP contribution in [0.4, 0.5) is 0 Å². The van der Waals surface area contributed by atoms with Gasteiger partial charge in [-0.2, -0.15) is 0 Å². The summed E-state index contributed by atoms with van der Waals surface area (Å²) in [4.78, 5) is 9.64. The maximum atomic E-state index is 11.7. The molecule has 2 aromatic rings. The van der Waals surface area contributed by atoms with Crippen molar-refractivity contribution in [3.8, 4) is 0 Å². The second-order valence-electron chi connectivity index (χ2n) is 7.30. The molecule has 136 valence electrons. The third-order valence-corrected chi connectivity index (χ3v) is 5.81. The molecule has 0 bridgehead atoms. The predicted octanol–water partition coefficient (Wildman–Crippen LogP) is 4.88. The highest BCUT2D eigenvalue weighted by Gasteiger charge is 2.14. The summed E-state index contributed by atoms with van der Waals surface area (Å²) in [6.45, 7) is 9.93. The van der Waals surface area contributed by atoms with Gasteiger partial charge < -0.3 is 10.2 Å². The fraction of sp³-hybridized carbons (Fsp3) is 0.429. The lowest BCUT2D eigenvalue weighted by atomic mass is 9.92. The number of hydrogen-bond acceptors (Lipinski definition) is 2. The van der Waals surface area contributed by atoms with Gasteiger partial charge in [0.25, 0.3) is 0 Å². The van der Waals surface area contributed by atoms with Crippen molar-refractivity contribution in [2.24, 2.45) is 0 Å². The Balaban J connectivity index is 2.33. The average Bonchev–Trinajstić information content (AvgIpc) is 2.50. The maximum Gasteiger partial charge on any atom is 0.201 e. The maximum absolute atomic E-state index is 11.7. The Morgan fingerprint density at radius 2 is 1.64 bits per heavy atom. The Morgan fingerprint density at radius 1 is 1.04 bits per heavy atom. The Morgan fingerprint density at radius 3 is 2.16 bits per heavy atom. The van der Waals surface area contributed by atoms with Crippen molar-refractivity contribution < 1.29 is 9.46 Å². The topological polar surface area (TPSA) is 49.3 Å². The van der Waals surface area contributed by atoms with Crippen molar-refractivity contribution in [3.05, 3.63) is 69.3 Å². The molecule has 3 nitrogen and oxygen atoms in total. The zero-order valence-electron chi connectivity index (χ0n) is 16.2. The molecule has 0 aliphatic heterocycles. The van der Waals surface area contributed by atoms with Gasteiger partial charge >= 0.3 is 0 Å². The Labute approximate surface area is 151 Å². The van der Waals surface area contributed by atoms with Crippen LogP contribution in [0, 0.1) is 20.8 Å². The van der Waals surface area contributed by atoms with E-state index in [1.165, 1.54) is 40.0 Å². The van der Waals surface area contributed by atoms with Gasteiger partial charge in [0.15, 0.2) is 0 Å². The van der Waals surface area contributed by atoms with E-state index in [1.807, 2.05) is 7.05 Å². The van der Waals surface area contributed by atoms with Gasteiger partial charge in [0, 0.05) is 18.9 Å². The van der Waals surface area contributed by atoms with Crippen molar-refractivity contribution >= 4 is 7.37 Å². The zero-order chi connectivity index (χ0) is 18.8. The second-order valence-corrected chi connectivity index (χ2v) is 9.71. The van der Waals surface area contributed by atoms with Gasteiger partial charge in [-0.15, -0.1) is 0 Å². The second kappa shape index (κ2) is 7.86. The van der Waals surface area contributed by atoms with Crippen molar-refractivity contribution in [1.29, 1.82) is 0 Å². The van der Waals surface area contributed by atoms with Crippen LogP contribution in [0.2, 0.25) is 0 Å². The summed E-state index contributed by atoms with van der Waals surface area (Å²) < 4.78 is 11.7. The number of rotatable bonds is 6. The van der Waals surface area contributed by atoms with Crippen LogP contribution >= 0.6 is 7.37 Å². The highest BCUT2D eigenvalue weighted by Crippen LogP contribution is 2.40. The molecule has 2 atom stereocenters. The molecule has 2 N–H and O–H groups in total. The van der Waals surface area contributed by atoms with Crippen molar-refractivity contribution in [1.82, 2.24) is 5.32 Å². The first-order valence-corrected chi connectivity index (χ1v) is 11.0. The molecule has 2 rings (SSSR count). The van der Waals surface area contributed by atoms with E-state index in [-0.39, 0.29) is 6.16 Å². The van der Waals surface area contributed by atoms with Crippen LogP contribution < -0.4 is 5.32 Å². The lowest BCUT2D eigenvalue weighted by Crippen LogP contribution is -2.14. The van der Waals surface area contributed by atoms with E-state index in [2.05, 4.69) is 63.3 Å². The third-order valence-electron chi connectivity index (χ3n) is 4.86. The molecule has 2 unspecified atom stereocenters. The summed E-state index contributed by atoms with van der Waals surface area (Å²) in [6.07, 6.45) is 1.12. The van der Waals surface area contributed by atoms with Crippen LogP contribution in [0.15, 0.2) is 30.3 Å². The molecule has 0 fully saturated rings. The first kappa shape index (κ1) is 19.9. The third kappa shape index (κ3) is 5.28. The van der Waals surface area contributed by atoms with Crippen LogP contribution in [0.1, 0.15) is 51.9 Å². The Bertz CT molecular complexity index is 785. The Hall–Kier alpha value is -1.41. The van der Waals surface area contributed by atoms with E-state index in [9.17, 15) is 9.46 Å². The zero-order valence-corrected chi connectivity index (χ0v) is 17.1. The fourth-order valence-electron chi connectivity index (χ4n) is 3.42. The molecular weight excluding hydrogens is 329 g/mol. The number of nitrogens with one attached hydrogen (secondary N) is 1. The molecule has 25 heavy (non-hydrogen) atoms. The van der Waals surface area contributed by atoms with E-state index < -0.39 is 7.37 Å². The molecular formula is C21H30NO2P. The average molecular weight is 359 g/mol. The highest BCUT2D eigenvalue weighted by atomic mass is 31.2. The summed E-state index contributed by atoms with van der Waals surface area (Å²) in [5.41, 5.74) is 8.56. The van der Waals surface area contributed by atoms with Crippen LogP contribution in [0.5, 0.6) is 0 Å². The normalized spacial score (nSPS) is 15.0. The monoisotopic (exact) mass is 359 g/mol. The predicted molar refractivity (Wildman–Crippen MR) is 107 cm³/mol. The first-order valence-electron chi connectivity index (χ1n) is 8.75. The van der Waals surface area contributed by atoms with Gasteiger partial charge in [-0.25, -0.2) is 0 Å². The molecule has 0 saturated carbocycles. The van der Waals surface area contributed by atoms with Gasteiger partial charge in [-0.05, 0) is 80.1 Å². The number of aryl methyl sites for hydroxylation is 3. The van der Waals surface area contributed by atoms with Crippen molar-refractivity contribution in [2.45, 2.75) is 46.3 Å². The smallest absolute Gasteiger partial charge is 0.201 e. The minimum absolute atomic E-state index is 0.239. The van der Waals surface area contributed by atoms with Crippen molar-refractivity contribution in [3.63, 3.8) is 0 Å². The summed E-state index contributed by atoms with van der Waals surface area (Å²) in [5, 5.41) is 3.31. The van der Waals surface area contributed by atoms with Gasteiger partial charge in [0.1, 0.15) is 0 Å². The first-order chi connectivity index (χ1) is 11.6. The molecule has 0 amide bonds. The molecule has 0 radical (unpaired) electrons. The van der Waals surface area contributed by atoms with E-state index in [4.69, 9.17) is 0 Å². The van der Waals surface area contributed by atoms with E-state index in [0.29, 0.717) is 6.04 Å². The molecule has 0 aliphatic rings. The van der Waals surface area contributed by atoms with Crippen molar-refractivity contribution in [2.75, 3.05) is 13.7 Å². The summed E-state index contributed by atoms with van der Waals surface area (Å²) in [6, 6.07) is 11.1. The fourth-order valence-corrected chi connectivity index (χ4v) is 4.28. The van der Waals surface area contributed by atoms with Gasteiger partial charge in [-0.1, -0.05) is 30.3 Å². The summed E-state index contributed by atoms with van der Waals surface area (Å²) in [7, 11) is -1.06. The van der Waals surface area contributed by atoms with Gasteiger partial charge in [0.2, 0.25) is 7.37 Å². The Kier molecular flexibility index (Phi) is 6.26. The molecule has 2 aromatic carbocycles. The van der Waals surface area contributed by atoms with Crippen LogP contribution in [-0.2, 0) is 17.1 Å². The van der Waals surface area contributed by atoms with Crippen LogP contribution in [0.3, 0.4) is 0 Å². The minimum atomic E-state index is -3.04. The quantitative estimate of drug-likeness (QED) is 0.723. The lowest BCUT2D eigenvalue weighted by Gasteiger charge is -2.17. The molecule has 0 aliphatic carbocycles. The standard InChI is InChI=1S/C21H30NO2P/c1-14-7-8-18(12-21(14)17(4)22-5)11-20-15(2)9-19(10-16(20)3)13-25(6,23)24/h7-10,12,17,22H,11,13H2,1-6H3,(H,23,24). The molecule has 4 heteroatoms. The number of hydrogen-bond donors (Lipinski definition) is 2. The summed E-state index contributed by atoms with van der Waals surface area (Å²) in [5.74, 6) is 0. The van der Waals surface area contributed by atoms with Crippen LogP contribution in [0.25, 0.3) is 0 Å². The van der Waals surface area contributed by atoms with E-state index in [0.717, 1.165) is 12.0 Å². The van der Waals surface area contributed by atoms with E-state index in [1.54, 1.807) is 0 Å².